The molecule has 1 aliphatic heterocycles. The van der Waals surface area contributed by atoms with Crippen molar-refractivity contribution in [1.82, 2.24) is 5.32 Å². The highest BCUT2D eigenvalue weighted by atomic mass is 32.2. The molecule has 0 aromatic carbocycles. The van der Waals surface area contributed by atoms with Crippen LogP contribution in [0.5, 0.6) is 0 Å². The van der Waals surface area contributed by atoms with Gasteiger partial charge in [-0.15, -0.1) is 0 Å². The Balaban J connectivity index is 2.36. The molecule has 0 aliphatic carbocycles. The first-order valence-electron chi connectivity index (χ1n) is 4.90. The van der Waals surface area contributed by atoms with Crippen LogP contribution in [0.2, 0.25) is 0 Å². The number of hydrogen-bond donors (Lipinski definition) is 1. The van der Waals surface area contributed by atoms with Crippen LogP contribution in [0.1, 0.15) is 26.2 Å². The molecule has 0 bridgehead atoms. The summed E-state index contributed by atoms with van der Waals surface area (Å²) in [6.07, 6.45) is 1.69. The molecule has 0 spiro atoms. The van der Waals surface area contributed by atoms with E-state index < -0.39 is 16.5 Å². The van der Waals surface area contributed by atoms with E-state index in [4.69, 9.17) is 8.92 Å². The van der Waals surface area contributed by atoms with Gasteiger partial charge < -0.3 is 4.74 Å². The molecule has 0 amide bonds. The first kappa shape index (κ1) is 11.9. The SMILES string of the molecule is CCCCOC1NCCCS(=O)(=O)O1. The first-order valence-corrected chi connectivity index (χ1v) is 6.48. The zero-order valence-electron chi connectivity index (χ0n) is 8.36. The molecule has 1 saturated heterocycles. The third-order valence-electron chi connectivity index (χ3n) is 1.88. The highest BCUT2D eigenvalue weighted by molar-refractivity contribution is 7.86. The summed E-state index contributed by atoms with van der Waals surface area (Å²) in [6, 6.07) is 0. The quantitative estimate of drug-likeness (QED) is 0.553. The third kappa shape index (κ3) is 4.36. The summed E-state index contributed by atoms with van der Waals surface area (Å²) in [5, 5.41) is 2.87. The van der Waals surface area contributed by atoms with Crippen molar-refractivity contribution >= 4 is 10.1 Å². The lowest BCUT2D eigenvalue weighted by Crippen LogP contribution is -2.34. The molecular formula is C8H17NO4S. The molecule has 1 rings (SSSR count). The van der Waals surface area contributed by atoms with Gasteiger partial charge in [-0.3, -0.25) is 5.32 Å². The minimum absolute atomic E-state index is 0.0631. The van der Waals surface area contributed by atoms with Gasteiger partial charge in [-0.05, 0) is 12.8 Å². The molecule has 1 heterocycles. The largest absolute Gasteiger partial charge is 0.339 e. The molecule has 84 valence electrons. The number of ether oxygens (including phenoxy) is 1. The lowest BCUT2D eigenvalue weighted by atomic mass is 10.4. The van der Waals surface area contributed by atoms with Crippen LogP contribution in [0.3, 0.4) is 0 Å². The topological polar surface area (TPSA) is 64.6 Å². The Kier molecular flexibility index (Phi) is 4.80. The lowest BCUT2D eigenvalue weighted by molar-refractivity contribution is -0.0954. The Morgan fingerprint density at radius 2 is 2.36 bits per heavy atom. The summed E-state index contributed by atoms with van der Waals surface area (Å²) in [5.74, 6) is 0.0631. The number of hydrogen-bond acceptors (Lipinski definition) is 5. The van der Waals surface area contributed by atoms with Gasteiger partial charge in [0.15, 0.2) is 0 Å². The molecule has 6 heteroatoms. The van der Waals surface area contributed by atoms with E-state index >= 15 is 0 Å². The number of unbranched alkanes of at least 4 members (excludes halogenated alkanes) is 1. The van der Waals surface area contributed by atoms with Crippen molar-refractivity contribution in [1.29, 1.82) is 0 Å². The Bertz CT molecular complexity index is 252. The van der Waals surface area contributed by atoms with Gasteiger partial charge in [0.25, 0.3) is 10.1 Å². The van der Waals surface area contributed by atoms with Crippen LogP contribution in [0, 0.1) is 0 Å². The Labute approximate surface area is 84.9 Å². The predicted molar refractivity (Wildman–Crippen MR) is 52.1 cm³/mol. The van der Waals surface area contributed by atoms with Crippen molar-refractivity contribution in [2.45, 2.75) is 32.6 Å². The summed E-state index contributed by atoms with van der Waals surface area (Å²) in [6.45, 7) is 3.17. The van der Waals surface area contributed by atoms with E-state index in [9.17, 15) is 8.42 Å². The fraction of sp³-hybridized carbons (Fsp3) is 1.00. The van der Waals surface area contributed by atoms with E-state index in [2.05, 4.69) is 5.32 Å². The summed E-state index contributed by atoms with van der Waals surface area (Å²) in [7, 11) is -3.39. The smallest absolute Gasteiger partial charge is 0.270 e. The number of nitrogens with one attached hydrogen (secondary N) is 1. The zero-order valence-corrected chi connectivity index (χ0v) is 9.18. The molecule has 1 atom stereocenters. The summed E-state index contributed by atoms with van der Waals surface area (Å²) in [5.41, 5.74) is 0. The summed E-state index contributed by atoms with van der Waals surface area (Å²) >= 11 is 0. The second-order valence-corrected chi connectivity index (χ2v) is 4.94. The lowest BCUT2D eigenvalue weighted by Gasteiger charge is -2.15. The highest BCUT2D eigenvalue weighted by Gasteiger charge is 2.22. The van der Waals surface area contributed by atoms with E-state index in [1.165, 1.54) is 0 Å². The second kappa shape index (κ2) is 5.65. The van der Waals surface area contributed by atoms with Gasteiger partial charge >= 0.3 is 0 Å². The molecule has 5 nitrogen and oxygen atoms in total. The molecule has 0 aromatic rings. The van der Waals surface area contributed by atoms with Crippen LogP contribution in [0.25, 0.3) is 0 Å². The van der Waals surface area contributed by atoms with Gasteiger partial charge in [-0.1, -0.05) is 13.3 Å². The minimum atomic E-state index is -3.39. The van der Waals surface area contributed by atoms with Gasteiger partial charge in [0.1, 0.15) is 0 Å². The Morgan fingerprint density at radius 1 is 1.57 bits per heavy atom. The van der Waals surface area contributed by atoms with Crippen LogP contribution in [-0.2, 0) is 19.0 Å². The van der Waals surface area contributed by atoms with Crippen LogP contribution in [0.4, 0.5) is 0 Å². The Morgan fingerprint density at radius 3 is 3.07 bits per heavy atom. The van der Waals surface area contributed by atoms with Gasteiger partial charge in [0, 0.05) is 6.54 Å². The van der Waals surface area contributed by atoms with E-state index in [-0.39, 0.29) is 5.75 Å². The molecule has 1 fully saturated rings. The molecular weight excluding hydrogens is 206 g/mol. The molecule has 0 saturated carbocycles. The van der Waals surface area contributed by atoms with E-state index in [1.807, 2.05) is 6.92 Å². The summed E-state index contributed by atoms with van der Waals surface area (Å²) < 4.78 is 32.4. The van der Waals surface area contributed by atoms with E-state index in [0.717, 1.165) is 12.8 Å². The molecule has 1 N–H and O–H groups in total. The van der Waals surface area contributed by atoms with Crippen molar-refractivity contribution in [3.8, 4) is 0 Å². The van der Waals surface area contributed by atoms with Crippen molar-refractivity contribution in [2.75, 3.05) is 18.9 Å². The van der Waals surface area contributed by atoms with Crippen molar-refractivity contribution < 1.29 is 17.3 Å². The maximum absolute atomic E-state index is 11.2. The van der Waals surface area contributed by atoms with Crippen LogP contribution >= 0.6 is 0 Å². The maximum Gasteiger partial charge on any atom is 0.270 e. The second-order valence-electron chi connectivity index (χ2n) is 3.22. The monoisotopic (exact) mass is 223 g/mol. The zero-order chi connectivity index (χ0) is 10.4. The van der Waals surface area contributed by atoms with Crippen molar-refractivity contribution in [3.05, 3.63) is 0 Å². The van der Waals surface area contributed by atoms with Crippen LogP contribution in [-0.4, -0.2) is 33.7 Å². The first-order chi connectivity index (χ1) is 6.64. The van der Waals surface area contributed by atoms with Crippen LogP contribution in [0.15, 0.2) is 0 Å². The molecule has 1 aliphatic rings. The highest BCUT2D eigenvalue weighted by Crippen LogP contribution is 2.06. The minimum Gasteiger partial charge on any atom is -0.339 e. The molecule has 14 heavy (non-hydrogen) atoms. The van der Waals surface area contributed by atoms with Gasteiger partial charge in [0.05, 0.1) is 12.4 Å². The normalized spacial score (nSPS) is 27.1. The average Bonchev–Trinajstić information content (AvgIpc) is 2.27. The average molecular weight is 223 g/mol. The maximum atomic E-state index is 11.2. The van der Waals surface area contributed by atoms with Gasteiger partial charge in [0.2, 0.25) is 6.41 Å². The van der Waals surface area contributed by atoms with Crippen LogP contribution < -0.4 is 5.32 Å². The van der Waals surface area contributed by atoms with E-state index in [0.29, 0.717) is 19.6 Å². The van der Waals surface area contributed by atoms with Crippen molar-refractivity contribution in [2.24, 2.45) is 0 Å². The molecule has 1 unspecified atom stereocenters. The summed E-state index contributed by atoms with van der Waals surface area (Å²) in [4.78, 5) is 0. The fourth-order valence-corrected chi connectivity index (χ4v) is 2.09. The molecule has 0 aromatic heterocycles. The van der Waals surface area contributed by atoms with Gasteiger partial charge in [-0.2, -0.15) is 8.42 Å². The van der Waals surface area contributed by atoms with Gasteiger partial charge in [-0.25, -0.2) is 4.18 Å². The number of rotatable bonds is 4. The Hall–Kier alpha value is -0.170. The van der Waals surface area contributed by atoms with Crippen molar-refractivity contribution in [3.63, 3.8) is 0 Å². The standard InChI is InChI=1S/C8H17NO4S/c1-2-3-6-12-8-9-5-4-7-14(10,11)13-8/h8-9H,2-7H2,1H3. The molecule has 0 radical (unpaired) electrons. The van der Waals surface area contributed by atoms with E-state index in [1.54, 1.807) is 0 Å². The third-order valence-corrected chi connectivity index (χ3v) is 3.14. The fourth-order valence-electron chi connectivity index (χ4n) is 1.11. The predicted octanol–water partition coefficient (Wildman–Crippen LogP) is 0.426.